The lowest BCUT2D eigenvalue weighted by atomic mass is 10.0. The van der Waals surface area contributed by atoms with Crippen LogP contribution in [0.3, 0.4) is 0 Å². The number of hydrogen-bond donors (Lipinski definition) is 1. The average Bonchev–Trinajstić information content (AvgIpc) is 2.78. The highest BCUT2D eigenvalue weighted by molar-refractivity contribution is 9.10. The summed E-state index contributed by atoms with van der Waals surface area (Å²) in [6, 6.07) is 8.66. The predicted molar refractivity (Wildman–Crippen MR) is 84.8 cm³/mol. The molecule has 3 nitrogen and oxygen atoms in total. The lowest BCUT2D eigenvalue weighted by Crippen LogP contribution is -2.12. The first-order valence-corrected chi connectivity index (χ1v) is 7.75. The van der Waals surface area contributed by atoms with Gasteiger partial charge in [-0.15, -0.1) is 0 Å². The molecule has 0 saturated heterocycles. The third-order valence-electron chi connectivity index (χ3n) is 3.38. The van der Waals surface area contributed by atoms with Gasteiger partial charge in [0.15, 0.2) is 0 Å². The van der Waals surface area contributed by atoms with Gasteiger partial charge in [0.2, 0.25) is 0 Å². The van der Waals surface area contributed by atoms with Crippen molar-refractivity contribution < 1.29 is 5.11 Å². The molecule has 0 amide bonds. The van der Waals surface area contributed by atoms with Crippen molar-refractivity contribution in [2.24, 2.45) is 0 Å². The summed E-state index contributed by atoms with van der Waals surface area (Å²) in [6.07, 6.45) is 2.80. The van der Waals surface area contributed by atoms with Crippen molar-refractivity contribution in [3.05, 3.63) is 51.8 Å². The number of aromatic nitrogens is 2. The summed E-state index contributed by atoms with van der Waals surface area (Å²) in [5, 5.41) is 14.8. The second-order valence-electron chi connectivity index (χ2n) is 5.46. The van der Waals surface area contributed by atoms with Crippen molar-refractivity contribution in [1.29, 1.82) is 0 Å². The van der Waals surface area contributed by atoms with Gasteiger partial charge in [-0.25, -0.2) is 0 Å². The first kappa shape index (κ1) is 15.3. The molecule has 108 valence electrons. The fourth-order valence-corrected chi connectivity index (χ4v) is 2.92. The summed E-state index contributed by atoms with van der Waals surface area (Å²) in [7, 11) is 0. The van der Waals surface area contributed by atoms with Crippen LogP contribution in [-0.4, -0.2) is 14.9 Å². The van der Waals surface area contributed by atoms with E-state index < -0.39 is 6.10 Å². The third-order valence-corrected chi connectivity index (χ3v) is 3.99. The highest BCUT2D eigenvalue weighted by Crippen LogP contribution is 2.28. The Morgan fingerprint density at radius 2 is 2.10 bits per heavy atom. The summed E-state index contributed by atoms with van der Waals surface area (Å²) in [5.41, 5.74) is 3.38. The second kappa shape index (κ2) is 6.55. The Kier molecular flexibility index (Phi) is 5.00. The van der Waals surface area contributed by atoms with Crippen molar-refractivity contribution in [3.8, 4) is 0 Å². The van der Waals surface area contributed by atoms with E-state index >= 15 is 0 Å². The Hall–Kier alpha value is -1.13. The average molecular weight is 337 g/mol. The Labute approximate surface area is 128 Å². The van der Waals surface area contributed by atoms with Gasteiger partial charge in [0.1, 0.15) is 0 Å². The van der Waals surface area contributed by atoms with Crippen molar-refractivity contribution in [1.82, 2.24) is 9.78 Å². The number of hydrogen-bond acceptors (Lipinski definition) is 2. The quantitative estimate of drug-likeness (QED) is 0.888. The third kappa shape index (κ3) is 3.49. The van der Waals surface area contributed by atoms with Crippen LogP contribution in [0.25, 0.3) is 0 Å². The number of aliphatic hydroxyl groups is 1. The molecule has 0 aliphatic carbocycles. The van der Waals surface area contributed by atoms with Crippen molar-refractivity contribution in [2.75, 3.05) is 0 Å². The molecule has 0 radical (unpaired) electrons. The van der Waals surface area contributed by atoms with E-state index in [4.69, 9.17) is 0 Å². The molecule has 0 saturated carbocycles. The van der Waals surface area contributed by atoms with Gasteiger partial charge >= 0.3 is 0 Å². The maximum atomic E-state index is 10.5. The smallest absolute Gasteiger partial charge is 0.0971 e. The van der Waals surface area contributed by atoms with E-state index in [0.29, 0.717) is 6.42 Å². The lowest BCUT2D eigenvalue weighted by Gasteiger charge is -2.16. The zero-order valence-electron chi connectivity index (χ0n) is 12.2. The van der Waals surface area contributed by atoms with Crippen molar-refractivity contribution in [2.45, 2.75) is 45.8 Å². The summed E-state index contributed by atoms with van der Waals surface area (Å²) in [6.45, 7) is 6.22. The zero-order valence-corrected chi connectivity index (χ0v) is 13.8. The molecule has 1 aromatic heterocycles. The minimum Gasteiger partial charge on any atom is -0.387 e. The summed E-state index contributed by atoms with van der Waals surface area (Å²) < 4.78 is 2.76. The summed E-state index contributed by atoms with van der Waals surface area (Å²) >= 11 is 3.48. The molecular weight excluding hydrogens is 316 g/mol. The molecule has 1 N–H and O–H groups in total. The van der Waals surface area contributed by atoms with Crippen LogP contribution in [-0.2, 0) is 6.42 Å². The molecule has 0 aliphatic rings. The summed E-state index contributed by atoms with van der Waals surface area (Å²) in [5.74, 6) is 0. The molecule has 20 heavy (non-hydrogen) atoms. The molecule has 0 fully saturated rings. The minimum absolute atomic E-state index is 0.241. The molecule has 1 atom stereocenters. The highest BCUT2D eigenvalue weighted by Gasteiger charge is 2.19. The number of halogens is 1. The van der Waals surface area contributed by atoms with E-state index in [0.717, 1.165) is 16.6 Å². The van der Waals surface area contributed by atoms with Gasteiger partial charge in [0.25, 0.3) is 0 Å². The van der Waals surface area contributed by atoms with E-state index in [-0.39, 0.29) is 6.04 Å². The molecule has 1 unspecified atom stereocenters. The van der Waals surface area contributed by atoms with Crippen molar-refractivity contribution in [3.63, 3.8) is 0 Å². The van der Waals surface area contributed by atoms with Crippen LogP contribution >= 0.6 is 15.9 Å². The SMILES string of the molecule is Cc1cccc(CCC(O)c2c(Br)cnn2C(C)C)c1. The lowest BCUT2D eigenvalue weighted by molar-refractivity contribution is 0.154. The Morgan fingerprint density at radius 1 is 1.35 bits per heavy atom. The number of aryl methyl sites for hydroxylation is 2. The largest absolute Gasteiger partial charge is 0.387 e. The first-order valence-electron chi connectivity index (χ1n) is 6.95. The standard InChI is InChI=1S/C16H21BrN2O/c1-11(2)19-16(14(17)10-18-19)15(20)8-7-13-6-4-5-12(3)9-13/h4-6,9-11,15,20H,7-8H2,1-3H3. The number of rotatable bonds is 5. The zero-order chi connectivity index (χ0) is 14.7. The van der Waals surface area contributed by atoms with Crippen LogP contribution in [0.4, 0.5) is 0 Å². The maximum absolute atomic E-state index is 10.5. The van der Waals surface area contributed by atoms with Crippen LogP contribution in [0.5, 0.6) is 0 Å². The van der Waals surface area contributed by atoms with E-state index in [1.54, 1.807) is 6.20 Å². The minimum atomic E-state index is -0.505. The Bertz CT molecular complexity index is 578. The van der Waals surface area contributed by atoms with Gasteiger partial charge in [0, 0.05) is 6.04 Å². The van der Waals surface area contributed by atoms with Gasteiger partial charge in [-0.2, -0.15) is 5.10 Å². The van der Waals surface area contributed by atoms with Gasteiger partial charge in [-0.3, -0.25) is 4.68 Å². The van der Waals surface area contributed by atoms with E-state index in [9.17, 15) is 5.11 Å². The normalized spacial score (nSPS) is 12.9. The Balaban J connectivity index is 2.09. The molecule has 0 bridgehead atoms. The first-order chi connectivity index (χ1) is 9.49. The molecule has 0 spiro atoms. The molecule has 2 rings (SSSR count). The topological polar surface area (TPSA) is 38.1 Å². The van der Waals surface area contributed by atoms with Crippen LogP contribution in [0.2, 0.25) is 0 Å². The van der Waals surface area contributed by atoms with Crippen LogP contribution in [0.1, 0.15) is 49.2 Å². The highest BCUT2D eigenvalue weighted by atomic mass is 79.9. The molecule has 4 heteroatoms. The van der Waals surface area contributed by atoms with Gasteiger partial charge in [0.05, 0.1) is 22.5 Å². The van der Waals surface area contributed by atoms with Crippen LogP contribution in [0.15, 0.2) is 34.9 Å². The predicted octanol–water partition coefficient (Wildman–Crippen LogP) is 4.20. The van der Waals surface area contributed by atoms with Gasteiger partial charge in [-0.1, -0.05) is 29.8 Å². The number of benzene rings is 1. The van der Waals surface area contributed by atoms with Crippen LogP contribution < -0.4 is 0 Å². The van der Waals surface area contributed by atoms with E-state index in [2.05, 4.69) is 66.1 Å². The van der Waals surface area contributed by atoms with Gasteiger partial charge < -0.3 is 5.11 Å². The molecule has 2 aromatic rings. The van der Waals surface area contributed by atoms with E-state index in [1.165, 1.54) is 11.1 Å². The van der Waals surface area contributed by atoms with E-state index in [1.807, 2.05) is 4.68 Å². The van der Waals surface area contributed by atoms with Gasteiger partial charge in [-0.05, 0) is 55.1 Å². The number of aliphatic hydroxyl groups excluding tert-OH is 1. The molecule has 0 aliphatic heterocycles. The Morgan fingerprint density at radius 3 is 2.75 bits per heavy atom. The molecule has 1 heterocycles. The fraction of sp³-hybridized carbons (Fsp3) is 0.438. The maximum Gasteiger partial charge on any atom is 0.0971 e. The molecule has 1 aromatic carbocycles. The second-order valence-corrected chi connectivity index (χ2v) is 6.31. The monoisotopic (exact) mass is 336 g/mol. The van der Waals surface area contributed by atoms with Crippen LogP contribution in [0, 0.1) is 6.92 Å². The number of nitrogens with zero attached hydrogens (tertiary/aromatic N) is 2. The summed E-state index contributed by atoms with van der Waals surface area (Å²) in [4.78, 5) is 0. The fourth-order valence-electron chi connectivity index (χ4n) is 2.38. The molecular formula is C16H21BrN2O. The van der Waals surface area contributed by atoms with Crippen molar-refractivity contribution >= 4 is 15.9 Å².